The van der Waals surface area contributed by atoms with Crippen molar-refractivity contribution >= 4 is 19.8 Å². The van der Waals surface area contributed by atoms with Gasteiger partial charge in [0.2, 0.25) is 0 Å². The topological polar surface area (TPSA) is 27.7 Å². The quantitative estimate of drug-likeness (QED) is 0.410. The first kappa shape index (κ1) is 21.6. The Balaban J connectivity index is 0. The van der Waals surface area contributed by atoms with E-state index in [1.54, 1.807) is 0 Å². The predicted octanol–water partition coefficient (Wildman–Crippen LogP) is 2.80. The van der Waals surface area contributed by atoms with Crippen molar-refractivity contribution in [2.75, 3.05) is 19.8 Å². The molecule has 0 radical (unpaired) electrons. The van der Waals surface area contributed by atoms with Crippen LogP contribution >= 0.6 is 0 Å². The Bertz CT molecular complexity index is 173. The third-order valence-corrected chi connectivity index (χ3v) is 6.01. The highest BCUT2D eigenvalue weighted by Crippen LogP contribution is 2.20. The minimum absolute atomic E-state index is 0. The van der Waals surface area contributed by atoms with Gasteiger partial charge in [0.25, 0.3) is 0 Å². The molecule has 0 rings (SSSR count). The first-order chi connectivity index (χ1) is 8.60. The zero-order valence-corrected chi connectivity index (χ0v) is 14.0. The fourth-order valence-corrected chi connectivity index (χ4v) is 4.76. The Morgan fingerprint density at radius 1 is 0.789 bits per heavy atom. The van der Waals surface area contributed by atoms with Gasteiger partial charge in [-0.2, -0.15) is 0 Å². The van der Waals surface area contributed by atoms with Crippen molar-refractivity contribution in [1.29, 1.82) is 0 Å². The van der Waals surface area contributed by atoms with E-state index in [4.69, 9.17) is 13.3 Å². The summed E-state index contributed by atoms with van der Waals surface area (Å²) in [6.07, 6.45) is 5.01. The van der Waals surface area contributed by atoms with Gasteiger partial charge in [-0.25, -0.2) is 0 Å². The van der Waals surface area contributed by atoms with E-state index >= 15 is 0 Å². The molecule has 0 aliphatic carbocycles. The van der Waals surface area contributed by atoms with Gasteiger partial charge in [-0.05, 0) is 44.1 Å². The van der Waals surface area contributed by atoms with Crippen LogP contribution in [0.5, 0.6) is 0 Å². The fraction of sp³-hybridized carbons (Fsp3) is 1.00. The Morgan fingerprint density at radius 2 is 1.26 bits per heavy atom. The predicted molar refractivity (Wildman–Crippen MR) is 90.1 cm³/mol. The van der Waals surface area contributed by atoms with Crippen molar-refractivity contribution in [2.24, 2.45) is 5.92 Å². The van der Waals surface area contributed by atoms with Gasteiger partial charge in [0.1, 0.15) is 0 Å². The Hall–Kier alpha value is 0.314. The molecule has 0 heterocycles. The van der Waals surface area contributed by atoms with Crippen molar-refractivity contribution in [1.82, 2.24) is 0 Å². The number of hydrogen-bond donors (Lipinski definition) is 0. The maximum absolute atomic E-state index is 5.83. The maximum atomic E-state index is 5.83. The van der Waals surface area contributed by atoms with E-state index in [1.807, 2.05) is 20.8 Å². The lowest BCUT2D eigenvalue weighted by atomic mass is 10.1. The first-order valence-corrected chi connectivity index (χ1v) is 9.45. The molecule has 0 aliphatic rings. The Morgan fingerprint density at radius 3 is 1.63 bits per heavy atom. The van der Waals surface area contributed by atoms with Crippen molar-refractivity contribution < 1.29 is 13.3 Å². The molecule has 0 aromatic carbocycles. The number of unbranched alkanes of at least 4 members (excludes halogenated alkanes) is 2. The molecule has 3 nitrogen and oxygen atoms in total. The van der Waals surface area contributed by atoms with Gasteiger partial charge in [-0.15, -0.1) is 0 Å². The van der Waals surface area contributed by atoms with Crippen LogP contribution in [-0.2, 0) is 13.3 Å². The first-order valence-electron chi connectivity index (χ1n) is 7.52. The molecule has 0 atom stereocenters. The molecular weight excluding hydrogens is 272 g/mol. The zero-order chi connectivity index (χ0) is 13.9. The fourth-order valence-electron chi connectivity index (χ4n) is 2.07. The van der Waals surface area contributed by atoms with Crippen LogP contribution in [0.1, 0.15) is 60.3 Å². The summed E-state index contributed by atoms with van der Waals surface area (Å²) in [6, 6.07) is 0.959. The molecule has 0 aromatic heterocycles. The lowest BCUT2D eigenvalue weighted by Gasteiger charge is -2.28. The largest absolute Gasteiger partial charge is 0.500 e. The zero-order valence-electron chi connectivity index (χ0n) is 13.0. The molecule has 0 amide bonds. The van der Waals surface area contributed by atoms with Gasteiger partial charge in [-0.3, -0.25) is 0 Å². The van der Waals surface area contributed by atoms with E-state index in [0.29, 0.717) is 19.8 Å². The highest BCUT2D eigenvalue weighted by atomic mass is 28.4. The highest BCUT2D eigenvalue weighted by Gasteiger charge is 2.39. The van der Waals surface area contributed by atoms with E-state index in [1.165, 1.54) is 19.3 Å². The van der Waals surface area contributed by atoms with Crippen LogP contribution in [0, 0.1) is 5.92 Å². The summed E-state index contributed by atoms with van der Waals surface area (Å²) < 4.78 is 17.5. The molecule has 0 aliphatic heterocycles. The average molecular weight is 309 g/mol. The van der Waals surface area contributed by atoms with E-state index in [2.05, 4.69) is 13.8 Å². The van der Waals surface area contributed by atoms with Gasteiger partial charge in [-0.1, -0.05) is 33.1 Å². The summed E-state index contributed by atoms with van der Waals surface area (Å²) in [5, 5.41) is 0. The lowest BCUT2D eigenvalue weighted by molar-refractivity contribution is 0.0706. The van der Waals surface area contributed by atoms with Crippen molar-refractivity contribution in [3.63, 3.8) is 0 Å². The van der Waals surface area contributed by atoms with Gasteiger partial charge < -0.3 is 13.3 Å². The summed E-state index contributed by atoms with van der Waals surface area (Å²) >= 11 is 0. The van der Waals surface area contributed by atoms with Crippen LogP contribution in [0.15, 0.2) is 0 Å². The molecule has 118 valence electrons. The normalized spacial score (nSPS) is 11.7. The molecule has 0 saturated heterocycles. The highest BCUT2D eigenvalue weighted by molar-refractivity contribution is 6.60. The standard InChI is InChI=1S/C14H32O3Si.H4Si/c1-6-15-18(16-7-2,17-8-3)13-11-9-10-12-14(4)5;/h14H,6-13H2,1-5H3;1H4. The smallest absolute Gasteiger partial charge is 0.374 e. The monoisotopic (exact) mass is 308 g/mol. The second kappa shape index (κ2) is 13.3. The summed E-state index contributed by atoms with van der Waals surface area (Å²) in [6.45, 7) is 12.6. The van der Waals surface area contributed by atoms with Crippen molar-refractivity contribution in [3.05, 3.63) is 0 Å². The van der Waals surface area contributed by atoms with E-state index in [0.717, 1.165) is 18.4 Å². The molecule has 0 aromatic rings. The van der Waals surface area contributed by atoms with E-state index in [9.17, 15) is 0 Å². The second-order valence-electron chi connectivity index (χ2n) is 4.98. The van der Waals surface area contributed by atoms with Crippen LogP contribution < -0.4 is 0 Å². The molecule has 0 N–H and O–H groups in total. The number of hydrogen-bond acceptors (Lipinski definition) is 3. The van der Waals surface area contributed by atoms with E-state index < -0.39 is 8.80 Å². The second-order valence-corrected chi connectivity index (χ2v) is 7.71. The molecule has 0 fully saturated rings. The van der Waals surface area contributed by atoms with Gasteiger partial charge in [0, 0.05) is 25.9 Å². The summed E-state index contributed by atoms with van der Waals surface area (Å²) in [5.41, 5.74) is 0. The minimum Gasteiger partial charge on any atom is -0.374 e. The maximum Gasteiger partial charge on any atom is 0.500 e. The third-order valence-electron chi connectivity index (χ3n) is 2.86. The third kappa shape index (κ3) is 10.7. The lowest BCUT2D eigenvalue weighted by Crippen LogP contribution is -2.45. The van der Waals surface area contributed by atoms with Gasteiger partial charge >= 0.3 is 8.80 Å². The van der Waals surface area contributed by atoms with Crippen LogP contribution in [-0.4, -0.2) is 39.6 Å². The Labute approximate surface area is 125 Å². The van der Waals surface area contributed by atoms with Crippen LogP contribution in [0.25, 0.3) is 0 Å². The molecule has 19 heavy (non-hydrogen) atoms. The minimum atomic E-state index is -2.37. The van der Waals surface area contributed by atoms with E-state index in [-0.39, 0.29) is 11.0 Å². The van der Waals surface area contributed by atoms with Gasteiger partial charge in [0.15, 0.2) is 0 Å². The van der Waals surface area contributed by atoms with Crippen LogP contribution in [0.2, 0.25) is 6.04 Å². The average Bonchev–Trinajstić information content (AvgIpc) is 2.29. The molecular formula is C14H36O3Si2. The molecule has 5 heteroatoms. The molecule has 0 bridgehead atoms. The van der Waals surface area contributed by atoms with Crippen molar-refractivity contribution in [3.8, 4) is 0 Å². The molecule has 0 saturated carbocycles. The van der Waals surface area contributed by atoms with Crippen molar-refractivity contribution in [2.45, 2.75) is 66.3 Å². The van der Waals surface area contributed by atoms with Gasteiger partial charge in [0.05, 0.1) is 0 Å². The Kier molecular flexibility index (Phi) is 15.1. The SMILES string of the molecule is CCO[Si](CCCCCC(C)C)(OCC)OCC.[SiH4]. The van der Waals surface area contributed by atoms with Crippen LogP contribution in [0.3, 0.4) is 0 Å². The molecule has 0 spiro atoms. The molecule has 0 unspecified atom stereocenters. The van der Waals surface area contributed by atoms with Crippen LogP contribution in [0.4, 0.5) is 0 Å². The summed E-state index contributed by atoms with van der Waals surface area (Å²) in [7, 11) is -2.37. The number of rotatable bonds is 12. The summed E-state index contributed by atoms with van der Waals surface area (Å²) in [5.74, 6) is 0.803. The summed E-state index contributed by atoms with van der Waals surface area (Å²) in [4.78, 5) is 0.